The minimum absolute atomic E-state index is 1.24. The monoisotopic (exact) mass is 1020 g/mol. The van der Waals surface area contributed by atoms with Crippen molar-refractivity contribution in [1.82, 2.24) is 0 Å². The summed E-state index contributed by atoms with van der Waals surface area (Å²) >= 11 is 4.13. The Kier molecular flexibility index (Phi) is 18.2. The van der Waals surface area contributed by atoms with Crippen molar-refractivity contribution < 1.29 is 0 Å². The number of hydrogen-bond acceptors (Lipinski definition) is 5. The molecule has 0 aromatic carbocycles. The second-order valence-electron chi connectivity index (χ2n) is 21.3. The number of unbranched alkanes of at least 4 members (excludes halogenated alkanes) is 9. The van der Waals surface area contributed by atoms with Gasteiger partial charge in [-0.2, -0.15) is 0 Å². The third-order valence-corrected chi connectivity index (χ3v) is 56.3. The Morgan fingerprint density at radius 2 is 0.897 bits per heavy atom. The molecule has 0 saturated heterocycles. The normalized spacial score (nSPS) is 18.6. The summed E-state index contributed by atoms with van der Waals surface area (Å²) in [6.45, 7) is 34.6. The first kappa shape index (κ1) is 49.4. The van der Waals surface area contributed by atoms with E-state index < -0.39 is 51.3 Å². The maximum absolute atomic E-state index is 3.36. The van der Waals surface area contributed by atoms with Crippen LogP contribution in [0.25, 0.3) is 19.5 Å². The predicted molar refractivity (Wildman–Crippen MR) is 285 cm³/mol. The number of aryl methyl sites for hydroxylation is 2. The van der Waals surface area contributed by atoms with E-state index in [4.69, 9.17) is 0 Å². The summed E-state index contributed by atoms with van der Waals surface area (Å²) in [6, 6.07) is 11.3. The number of nitrogens with zero attached hydrogens (tertiary/aromatic N) is 2. The molecule has 2 aliphatic rings. The van der Waals surface area contributed by atoms with Crippen LogP contribution in [0.1, 0.15) is 136 Å². The molecule has 0 radical (unpaired) electrons. The third-order valence-electron chi connectivity index (χ3n) is 14.5. The molecule has 10 heteroatoms. The SMILES string of the molecule is CCCCCCc1ccsc1-c1sc(-c2s[c]([Sn]([CH2]CCC)([CH2]CCC)[CH2]CCC)cc2CCCCCC)c2c1N1[Si](C)(C)CC[Si](C)(C)N2[Si](C)(C)CC[Si]1(C)C. The second kappa shape index (κ2) is 21.4. The van der Waals surface area contributed by atoms with Crippen LogP contribution in [0, 0.1) is 0 Å². The number of hydrogen-bond donors (Lipinski definition) is 0. The van der Waals surface area contributed by atoms with Crippen LogP contribution in [-0.2, 0) is 12.8 Å². The molecule has 5 heterocycles. The third kappa shape index (κ3) is 11.0. The molecule has 3 aromatic rings. The van der Waals surface area contributed by atoms with Crippen molar-refractivity contribution >= 4 is 99.6 Å². The summed E-state index contributed by atoms with van der Waals surface area (Å²) in [5, 5.41) is 2.47. The van der Waals surface area contributed by atoms with Crippen LogP contribution in [0.4, 0.5) is 11.4 Å². The van der Waals surface area contributed by atoms with Gasteiger partial charge < -0.3 is 0 Å². The van der Waals surface area contributed by atoms with Crippen molar-refractivity contribution in [2.75, 3.05) is 8.46 Å². The van der Waals surface area contributed by atoms with E-state index >= 15 is 0 Å². The molecule has 0 fully saturated rings. The van der Waals surface area contributed by atoms with E-state index in [0.29, 0.717) is 0 Å². The summed E-state index contributed by atoms with van der Waals surface area (Å²) in [4.78, 5) is 6.83. The number of anilines is 2. The fraction of sp³-hybridized carbons (Fsp3) is 0.750. The van der Waals surface area contributed by atoms with E-state index in [1.54, 1.807) is 55.3 Å². The van der Waals surface area contributed by atoms with Crippen LogP contribution in [0.5, 0.6) is 0 Å². The fourth-order valence-corrected chi connectivity index (χ4v) is 63.0. The van der Waals surface area contributed by atoms with Crippen molar-refractivity contribution in [3.8, 4) is 19.5 Å². The van der Waals surface area contributed by atoms with Crippen LogP contribution in [0.15, 0.2) is 17.5 Å². The Balaban J connectivity index is 1.91. The van der Waals surface area contributed by atoms with Crippen LogP contribution in [0.3, 0.4) is 0 Å². The molecule has 0 amide bonds. The van der Waals surface area contributed by atoms with Crippen LogP contribution < -0.4 is 11.4 Å². The van der Waals surface area contributed by atoms with E-state index in [1.807, 2.05) is 2.89 Å². The molecular formula is C48H88N2S3Si4Sn. The van der Waals surface area contributed by atoms with Crippen LogP contribution in [-0.4, -0.2) is 51.3 Å². The van der Waals surface area contributed by atoms with Crippen LogP contribution >= 0.6 is 34.0 Å². The molecule has 328 valence electrons. The Labute approximate surface area is 380 Å². The van der Waals surface area contributed by atoms with Gasteiger partial charge in [0.15, 0.2) is 0 Å². The van der Waals surface area contributed by atoms with E-state index in [-0.39, 0.29) is 0 Å². The first-order valence-electron chi connectivity index (χ1n) is 24.5. The van der Waals surface area contributed by atoms with Gasteiger partial charge in [0, 0.05) is 0 Å². The second-order valence-corrected chi connectivity index (χ2v) is 57.7. The van der Waals surface area contributed by atoms with Gasteiger partial charge in [-0.15, -0.1) is 0 Å². The summed E-state index contributed by atoms with van der Waals surface area (Å²) < 4.78 is 13.4. The van der Waals surface area contributed by atoms with Gasteiger partial charge in [0.1, 0.15) is 0 Å². The molecule has 0 aliphatic carbocycles. The molecular weight excluding hydrogens is 932 g/mol. The van der Waals surface area contributed by atoms with Gasteiger partial charge in [-0.25, -0.2) is 0 Å². The zero-order valence-corrected chi connectivity index (χ0v) is 49.4. The van der Waals surface area contributed by atoms with Crippen LogP contribution in [0.2, 0.25) is 89.9 Å². The Morgan fingerprint density at radius 1 is 0.483 bits per heavy atom. The standard InChI is InChI=1S/C36H61N2S3Si4.3C4H9.Sn/c1-11-13-15-17-19-29-21-23-39-33(29)35-31-32(36(41-35)34-30(22-24-40-34)20-18-16-14-12-2)38-44(7,8)27-25-42(3,4)37(31)43(5,6)26-28-45(38,9)10;3*1-3-4-2;/h21-23H,11-20,25-28H2,1-10H3;3*1,3-4H2,2H3;. The van der Waals surface area contributed by atoms with Gasteiger partial charge in [0.2, 0.25) is 0 Å². The van der Waals surface area contributed by atoms with Gasteiger partial charge in [0.25, 0.3) is 0 Å². The average molecular weight is 1020 g/mol. The summed E-state index contributed by atoms with van der Waals surface area (Å²) in [5.41, 5.74) is 6.98. The Morgan fingerprint density at radius 3 is 1.33 bits per heavy atom. The quantitative estimate of drug-likeness (QED) is 0.0731. The first-order valence-corrected chi connectivity index (χ1v) is 47.1. The van der Waals surface area contributed by atoms with Crippen molar-refractivity contribution in [3.63, 3.8) is 0 Å². The Hall–Kier alpha value is 0.366. The topological polar surface area (TPSA) is 6.48 Å². The van der Waals surface area contributed by atoms with E-state index in [1.165, 1.54) is 127 Å². The molecule has 5 rings (SSSR count). The molecule has 0 unspecified atom stereocenters. The molecule has 2 aliphatic heterocycles. The maximum atomic E-state index is 3.36. The molecule has 2 bridgehead atoms. The van der Waals surface area contributed by atoms with E-state index in [2.05, 4.69) is 147 Å². The summed E-state index contributed by atoms with van der Waals surface area (Å²) in [7, 11) is -7.21. The van der Waals surface area contributed by atoms with Crippen molar-refractivity contribution in [2.24, 2.45) is 0 Å². The molecule has 0 N–H and O–H groups in total. The van der Waals surface area contributed by atoms with Gasteiger partial charge in [-0.05, 0) is 0 Å². The van der Waals surface area contributed by atoms with E-state index in [0.717, 1.165) is 0 Å². The molecule has 58 heavy (non-hydrogen) atoms. The van der Waals surface area contributed by atoms with Gasteiger partial charge in [-0.1, -0.05) is 13.3 Å². The van der Waals surface area contributed by atoms with E-state index in [9.17, 15) is 0 Å². The van der Waals surface area contributed by atoms with Crippen molar-refractivity contribution in [1.29, 1.82) is 0 Å². The van der Waals surface area contributed by atoms with Crippen molar-refractivity contribution in [2.45, 2.75) is 227 Å². The molecule has 0 spiro atoms. The summed E-state index contributed by atoms with van der Waals surface area (Å²) in [6.07, 6.45) is 21.7. The number of rotatable bonds is 22. The first-order chi connectivity index (χ1) is 27.5. The Bertz CT molecular complexity index is 1690. The van der Waals surface area contributed by atoms with Gasteiger partial charge >= 0.3 is 370 Å². The fourth-order valence-electron chi connectivity index (χ4n) is 11.2. The molecule has 3 aromatic heterocycles. The molecule has 2 nitrogen and oxygen atoms in total. The van der Waals surface area contributed by atoms with Crippen molar-refractivity contribution in [3.05, 3.63) is 28.6 Å². The predicted octanol–water partition coefficient (Wildman–Crippen LogP) is 18.0. The minimum atomic E-state index is -2.69. The molecule has 0 saturated carbocycles. The average Bonchev–Trinajstić information content (AvgIpc) is 3.90. The number of thiophene rings is 3. The summed E-state index contributed by atoms with van der Waals surface area (Å²) in [5.74, 6) is 0. The van der Waals surface area contributed by atoms with Gasteiger partial charge in [0.05, 0.1) is 0 Å². The molecule has 0 atom stereocenters. The zero-order chi connectivity index (χ0) is 42.4. The van der Waals surface area contributed by atoms with Gasteiger partial charge in [-0.3, -0.25) is 0 Å². The zero-order valence-electron chi connectivity index (χ0n) is 40.1.